The molecule has 0 N–H and O–H groups in total. The van der Waals surface area contributed by atoms with Crippen LogP contribution in [0.5, 0.6) is 0 Å². The number of rotatable bonds is 0. The Labute approximate surface area is 356 Å². The van der Waals surface area contributed by atoms with Crippen molar-refractivity contribution in [2.24, 2.45) is 0 Å². The molecule has 0 bridgehead atoms. The second-order valence-electron chi connectivity index (χ2n) is 22.8. The quantitative estimate of drug-likeness (QED) is 0.145. The van der Waals surface area contributed by atoms with E-state index in [-0.39, 0.29) is 21.7 Å². The predicted octanol–water partition coefficient (Wildman–Crippen LogP) is 16.3. The van der Waals surface area contributed by atoms with E-state index in [0.29, 0.717) is 0 Å². The summed E-state index contributed by atoms with van der Waals surface area (Å²) in [5.74, 6) is 0. The molecule has 0 aliphatic carbocycles. The number of benzene rings is 7. The highest BCUT2D eigenvalue weighted by molar-refractivity contribution is 6.39. The van der Waals surface area contributed by atoms with Crippen LogP contribution in [0.25, 0.3) is 114 Å². The maximum Gasteiger partial charge on any atom is 0.0628 e. The van der Waals surface area contributed by atoms with E-state index in [1.54, 1.807) is 0 Å². The van der Waals surface area contributed by atoms with E-state index < -0.39 is 0 Å². The number of hydrogen-bond acceptors (Lipinski definition) is 0. The summed E-state index contributed by atoms with van der Waals surface area (Å²) in [6.07, 6.45) is 0. The molecule has 300 valence electrons. The van der Waals surface area contributed by atoms with Gasteiger partial charge in [0.1, 0.15) is 0 Å². The highest BCUT2D eigenvalue weighted by Crippen LogP contribution is 2.51. The van der Waals surface area contributed by atoms with Gasteiger partial charge in [-0.2, -0.15) is 0 Å². The van der Waals surface area contributed by atoms with Crippen LogP contribution in [-0.2, 0) is 21.7 Å². The van der Waals surface area contributed by atoms with Gasteiger partial charge >= 0.3 is 0 Å². The molecule has 0 amide bonds. The Balaban J connectivity index is 1.28. The summed E-state index contributed by atoms with van der Waals surface area (Å²) in [6.45, 7) is 28.1. The molecule has 0 aliphatic rings. The van der Waals surface area contributed by atoms with Crippen LogP contribution < -0.4 is 0 Å². The summed E-state index contributed by atoms with van der Waals surface area (Å²) in [6, 6.07) is 41.2. The fraction of sp³-hybridized carbons (Fsp3) is 0.276. The Morgan fingerprint density at radius 1 is 0.262 bits per heavy atom. The second kappa shape index (κ2) is 10.7. The van der Waals surface area contributed by atoms with Gasteiger partial charge in [-0.25, -0.2) is 0 Å². The summed E-state index contributed by atoms with van der Waals surface area (Å²) >= 11 is 0. The van der Waals surface area contributed by atoms with Crippen LogP contribution in [0.2, 0.25) is 0 Å². The molecule has 6 aromatic heterocycles. The molecule has 0 saturated carbocycles. The lowest BCUT2D eigenvalue weighted by Crippen LogP contribution is -2.11. The van der Waals surface area contributed by atoms with Gasteiger partial charge in [-0.05, 0) is 117 Å². The smallest absolute Gasteiger partial charge is 0.0628 e. The van der Waals surface area contributed by atoms with Crippen molar-refractivity contribution in [3.63, 3.8) is 0 Å². The molecule has 13 aromatic rings. The lowest BCUT2D eigenvalue weighted by atomic mass is 9.84. The van der Waals surface area contributed by atoms with E-state index in [9.17, 15) is 0 Å². The third-order valence-corrected chi connectivity index (χ3v) is 14.8. The first kappa shape index (κ1) is 35.7. The molecular weight excluding hydrogens is 739 g/mol. The van der Waals surface area contributed by atoms with Gasteiger partial charge < -0.3 is 13.2 Å². The molecule has 3 heteroatoms. The van der Waals surface area contributed by atoms with Crippen molar-refractivity contribution in [3.05, 3.63) is 125 Å². The third-order valence-electron chi connectivity index (χ3n) is 14.8. The largest absolute Gasteiger partial charge is 0.308 e. The summed E-state index contributed by atoms with van der Waals surface area (Å²) in [5, 5.41) is 16.2. The number of hydrogen-bond donors (Lipinski definition) is 0. The van der Waals surface area contributed by atoms with Crippen molar-refractivity contribution < 1.29 is 0 Å². The van der Waals surface area contributed by atoms with E-state index in [2.05, 4.69) is 199 Å². The fourth-order valence-corrected chi connectivity index (χ4v) is 11.4. The Morgan fingerprint density at radius 2 is 0.639 bits per heavy atom. The van der Waals surface area contributed by atoms with Crippen LogP contribution in [0.4, 0.5) is 0 Å². The number of nitrogens with zero attached hydrogens (tertiary/aromatic N) is 3. The topological polar surface area (TPSA) is 13.2 Å². The van der Waals surface area contributed by atoms with Crippen LogP contribution in [0.3, 0.4) is 0 Å². The van der Waals surface area contributed by atoms with Gasteiger partial charge in [0.05, 0.1) is 49.7 Å². The zero-order valence-corrected chi connectivity index (χ0v) is 37.7. The maximum absolute atomic E-state index is 2.63. The molecule has 13 rings (SSSR count). The van der Waals surface area contributed by atoms with Crippen molar-refractivity contribution in [1.82, 2.24) is 13.2 Å². The van der Waals surface area contributed by atoms with E-state index in [1.807, 2.05) is 0 Å². The zero-order valence-electron chi connectivity index (χ0n) is 37.7. The minimum Gasteiger partial charge on any atom is -0.308 e. The van der Waals surface area contributed by atoms with Crippen LogP contribution >= 0.6 is 0 Å². The number of fused-ring (bicyclic) bond motifs is 19. The Hall–Kier alpha value is -6.06. The van der Waals surface area contributed by atoms with Crippen LogP contribution in [0.15, 0.2) is 103 Å². The summed E-state index contributed by atoms with van der Waals surface area (Å²) in [7, 11) is 0. The average Bonchev–Trinajstić information content (AvgIpc) is 4.02. The zero-order chi connectivity index (χ0) is 42.2. The molecule has 3 nitrogen and oxygen atoms in total. The Bertz CT molecular complexity index is 4050. The molecule has 0 radical (unpaired) electrons. The van der Waals surface area contributed by atoms with Gasteiger partial charge in [0.15, 0.2) is 0 Å². The van der Waals surface area contributed by atoms with Crippen molar-refractivity contribution >= 4 is 114 Å². The number of para-hydroxylation sites is 1. The van der Waals surface area contributed by atoms with Gasteiger partial charge in [-0.15, -0.1) is 0 Å². The van der Waals surface area contributed by atoms with Crippen molar-refractivity contribution in [2.45, 2.75) is 105 Å². The molecular formula is C58H53N3. The van der Waals surface area contributed by atoms with Crippen molar-refractivity contribution in [1.29, 1.82) is 0 Å². The summed E-state index contributed by atoms with van der Waals surface area (Å²) in [5.41, 5.74) is 17.3. The average molecular weight is 792 g/mol. The molecule has 0 fully saturated rings. The monoisotopic (exact) mass is 791 g/mol. The highest BCUT2D eigenvalue weighted by Gasteiger charge is 2.30. The summed E-state index contributed by atoms with van der Waals surface area (Å²) in [4.78, 5) is 0. The molecule has 7 aromatic carbocycles. The summed E-state index contributed by atoms with van der Waals surface area (Å²) < 4.78 is 7.82. The normalized spacial score (nSPS) is 14.2. The molecule has 6 heterocycles. The number of aromatic nitrogens is 3. The first-order valence-electron chi connectivity index (χ1n) is 22.4. The predicted molar refractivity (Wildman–Crippen MR) is 265 cm³/mol. The lowest BCUT2D eigenvalue weighted by molar-refractivity contribution is 0.590. The van der Waals surface area contributed by atoms with Crippen molar-refractivity contribution in [3.8, 4) is 0 Å². The van der Waals surface area contributed by atoms with E-state index in [4.69, 9.17) is 0 Å². The van der Waals surface area contributed by atoms with Gasteiger partial charge in [0.25, 0.3) is 0 Å². The van der Waals surface area contributed by atoms with Crippen LogP contribution in [0.1, 0.15) is 105 Å². The minimum absolute atomic E-state index is 0.000617. The molecule has 0 spiro atoms. The first-order valence-corrected chi connectivity index (χ1v) is 22.4. The van der Waals surface area contributed by atoms with Crippen LogP contribution in [0, 0.1) is 0 Å². The fourth-order valence-electron chi connectivity index (χ4n) is 11.4. The van der Waals surface area contributed by atoms with Crippen molar-refractivity contribution in [2.75, 3.05) is 0 Å². The standard InChI is InChI=1S/C58H53N3/c1-55(2,3)30-17-19-45-35(21-30)39-24-32(57(7,8)9)25-40-36-27-48-37(28-47(36)59(45)52(39)40)41-29-49-50(51-42-22-31(56(4,5)6)18-20-46(42)60(48)54(41)51)43-26-33(58(10,11)12)23-38-34-15-13-14-16-44(34)61(49)53(38)43/h13-29H,1-12H3. The van der Waals surface area contributed by atoms with Gasteiger partial charge in [-0.1, -0.05) is 113 Å². The van der Waals surface area contributed by atoms with Gasteiger partial charge in [0, 0.05) is 64.6 Å². The highest BCUT2D eigenvalue weighted by atomic mass is 15.0. The van der Waals surface area contributed by atoms with E-state index >= 15 is 0 Å². The van der Waals surface area contributed by atoms with E-state index in [1.165, 1.54) is 137 Å². The minimum atomic E-state index is -0.000617. The Kier molecular flexibility index (Phi) is 6.25. The maximum atomic E-state index is 2.63. The third kappa shape index (κ3) is 4.35. The molecule has 0 atom stereocenters. The molecule has 0 aliphatic heterocycles. The second-order valence-corrected chi connectivity index (χ2v) is 22.8. The molecule has 0 unspecified atom stereocenters. The van der Waals surface area contributed by atoms with Crippen LogP contribution in [-0.4, -0.2) is 13.2 Å². The molecule has 0 saturated heterocycles. The van der Waals surface area contributed by atoms with Gasteiger partial charge in [-0.3, -0.25) is 0 Å². The van der Waals surface area contributed by atoms with Gasteiger partial charge in [0.2, 0.25) is 0 Å². The SMILES string of the molecule is CC(C)(C)c1ccc2c(c1)c1cc(C(C)(C)C)cc3c4cc5c(cc4n2c13)c1cc2c(c3cc(C(C)(C)C)cc4c6ccccc6n2c43)c2c3cc(C(C)(C)C)ccc3n5c12. The lowest BCUT2D eigenvalue weighted by Gasteiger charge is -2.20. The van der Waals surface area contributed by atoms with E-state index in [0.717, 1.165) is 0 Å². The first-order chi connectivity index (χ1) is 28.8. The molecule has 61 heavy (non-hydrogen) atoms. The Morgan fingerprint density at radius 3 is 1.21 bits per heavy atom.